The number of allylic oxidation sites excluding steroid dienone is 1. The van der Waals surface area contributed by atoms with Crippen molar-refractivity contribution in [3.8, 4) is 0 Å². The Bertz CT molecular complexity index is 347. The number of rotatable bonds is 1. The molecule has 0 aromatic rings. The molecule has 1 unspecified atom stereocenters. The quantitative estimate of drug-likeness (QED) is 0.721. The molecule has 0 aromatic carbocycles. The molecule has 94 valence electrons. The second-order valence-electron chi connectivity index (χ2n) is 5.28. The molecule has 0 radical (unpaired) electrons. The molecule has 0 aromatic heterocycles. The van der Waals surface area contributed by atoms with Crippen molar-refractivity contribution in [2.24, 2.45) is 5.41 Å². The zero-order valence-corrected chi connectivity index (χ0v) is 10.3. The summed E-state index contributed by atoms with van der Waals surface area (Å²) in [4.78, 5) is 2.47. The average molecular weight is 235 g/mol. The fourth-order valence-electron chi connectivity index (χ4n) is 3.12. The smallest absolute Gasteiger partial charge is 0.194 e. The predicted molar refractivity (Wildman–Crippen MR) is 67.1 cm³/mol. The molecule has 2 fully saturated rings. The fraction of sp³-hybridized carbons (Fsp3) is 0.769. The van der Waals surface area contributed by atoms with Crippen molar-refractivity contribution in [3.63, 3.8) is 0 Å². The van der Waals surface area contributed by atoms with E-state index in [4.69, 9.17) is 10.1 Å². The van der Waals surface area contributed by atoms with Gasteiger partial charge in [0.05, 0.1) is 0 Å². The Morgan fingerprint density at radius 2 is 2.12 bits per heavy atom. The van der Waals surface area contributed by atoms with Crippen molar-refractivity contribution in [2.75, 3.05) is 32.8 Å². The summed E-state index contributed by atoms with van der Waals surface area (Å²) in [7, 11) is 0. The van der Waals surface area contributed by atoms with Gasteiger partial charge in [-0.05, 0) is 25.7 Å². The zero-order valence-electron chi connectivity index (χ0n) is 10.3. The Hall–Kier alpha value is -1.03. The minimum Gasteiger partial charge on any atom is -0.479 e. The summed E-state index contributed by atoms with van der Waals surface area (Å²) in [5, 5.41) is 11.6. The van der Waals surface area contributed by atoms with Crippen LogP contribution in [-0.4, -0.2) is 43.6 Å². The largest absolute Gasteiger partial charge is 0.479 e. The third-order valence-electron chi connectivity index (χ3n) is 4.22. The summed E-state index contributed by atoms with van der Waals surface area (Å²) in [6.45, 7) is 4.67. The van der Waals surface area contributed by atoms with Gasteiger partial charge in [0.2, 0.25) is 0 Å². The topological polar surface area (TPSA) is 48.4 Å². The lowest BCUT2D eigenvalue weighted by Crippen LogP contribution is -2.51. The Balaban J connectivity index is 1.79. The van der Waals surface area contributed by atoms with E-state index in [0.29, 0.717) is 12.5 Å². The highest BCUT2D eigenvalue weighted by atomic mass is 16.5. The first-order valence-corrected chi connectivity index (χ1v) is 6.71. The lowest BCUT2D eigenvalue weighted by Gasteiger charge is -2.47. The number of ether oxygens (including phenoxy) is 1. The van der Waals surface area contributed by atoms with Crippen molar-refractivity contribution >= 4 is 5.90 Å². The van der Waals surface area contributed by atoms with Crippen LogP contribution in [-0.2, 0) is 4.74 Å². The minimum absolute atomic E-state index is 0.145. The van der Waals surface area contributed by atoms with Crippen molar-refractivity contribution in [1.29, 1.82) is 5.41 Å². The van der Waals surface area contributed by atoms with Crippen LogP contribution in [0.4, 0.5) is 0 Å². The second kappa shape index (κ2) is 4.33. The van der Waals surface area contributed by atoms with Crippen LogP contribution in [0.25, 0.3) is 0 Å². The van der Waals surface area contributed by atoms with Gasteiger partial charge in [-0.15, -0.1) is 0 Å². The van der Waals surface area contributed by atoms with E-state index in [0.717, 1.165) is 32.6 Å². The number of nitrogens with one attached hydrogen (secondary N) is 2. The first-order chi connectivity index (χ1) is 8.33. The number of likely N-dealkylation sites (tertiary alicyclic amines) is 1. The fourth-order valence-corrected chi connectivity index (χ4v) is 3.12. The van der Waals surface area contributed by atoms with Gasteiger partial charge in [0.1, 0.15) is 12.0 Å². The molecule has 2 saturated heterocycles. The average Bonchev–Trinajstić information content (AvgIpc) is 2.52. The van der Waals surface area contributed by atoms with Gasteiger partial charge in [0, 0.05) is 31.9 Å². The molecule has 17 heavy (non-hydrogen) atoms. The van der Waals surface area contributed by atoms with Gasteiger partial charge in [-0.3, -0.25) is 5.41 Å². The standard InChI is InChI=1S/C13H21N3O/c14-12-13(10-15-6-9-17-12)5-4-11(13)16-7-2-1-3-8-16/h4,14-15H,1-3,5-10H2. The van der Waals surface area contributed by atoms with Crippen molar-refractivity contribution in [2.45, 2.75) is 25.7 Å². The van der Waals surface area contributed by atoms with Crippen LogP contribution in [0, 0.1) is 10.8 Å². The summed E-state index contributed by atoms with van der Waals surface area (Å²) >= 11 is 0. The molecule has 2 N–H and O–H groups in total. The summed E-state index contributed by atoms with van der Waals surface area (Å²) < 4.78 is 5.53. The van der Waals surface area contributed by atoms with E-state index in [2.05, 4.69) is 16.3 Å². The first kappa shape index (κ1) is 11.1. The molecule has 0 amide bonds. The Morgan fingerprint density at radius 1 is 1.29 bits per heavy atom. The molecular weight excluding hydrogens is 214 g/mol. The molecular formula is C13H21N3O. The van der Waals surface area contributed by atoms with Crippen LogP contribution < -0.4 is 5.32 Å². The number of hydrogen-bond acceptors (Lipinski definition) is 4. The van der Waals surface area contributed by atoms with Crippen LogP contribution in [0.2, 0.25) is 0 Å². The molecule has 1 spiro atoms. The number of nitrogens with zero attached hydrogens (tertiary/aromatic N) is 1. The highest BCUT2D eigenvalue weighted by Gasteiger charge is 2.48. The van der Waals surface area contributed by atoms with Crippen molar-refractivity contribution < 1.29 is 4.74 Å². The van der Waals surface area contributed by atoms with E-state index in [-0.39, 0.29) is 5.41 Å². The van der Waals surface area contributed by atoms with Crippen LogP contribution in [0.1, 0.15) is 25.7 Å². The summed E-state index contributed by atoms with van der Waals surface area (Å²) in [6.07, 6.45) is 7.17. The van der Waals surface area contributed by atoms with E-state index in [1.165, 1.54) is 25.0 Å². The van der Waals surface area contributed by atoms with Gasteiger partial charge in [0.15, 0.2) is 5.90 Å². The maximum absolute atomic E-state index is 8.15. The molecule has 0 saturated carbocycles. The Labute approximate surface area is 103 Å². The summed E-state index contributed by atoms with van der Waals surface area (Å²) in [5.74, 6) is 0.477. The number of hydrogen-bond donors (Lipinski definition) is 2. The number of piperidine rings is 1. The molecule has 3 aliphatic rings. The highest BCUT2D eigenvalue weighted by molar-refractivity contribution is 5.85. The van der Waals surface area contributed by atoms with E-state index in [1.54, 1.807) is 0 Å². The monoisotopic (exact) mass is 235 g/mol. The maximum atomic E-state index is 8.15. The molecule has 2 heterocycles. The van der Waals surface area contributed by atoms with Gasteiger partial charge in [-0.1, -0.05) is 6.08 Å². The SMILES string of the molecule is N=C1OCCNCC12CC=C2N1CCCCC1. The molecule has 3 rings (SSSR count). The van der Waals surface area contributed by atoms with E-state index >= 15 is 0 Å². The highest BCUT2D eigenvalue weighted by Crippen LogP contribution is 2.45. The molecule has 4 nitrogen and oxygen atoms in total. The second-order valence-corrected chi connectivity index (χ2v) is 5.28. The Morgan fingerprint density at radius 3 is 2.82 bits per heavy atom. The van der Waals surface area contributed by atoms with Crippen molar-refractivity contribution in [3.05, 3.63) is 11.8 Å². The van der Waals surface area contributed by atoms with Gasteiger partial charge in [-0.25, -0.2) is 0 Å². The van der Waals surface area contributed by atoms with Gasteiger partial charge in [0.25, 0.3) is 0 Å². The normalized spacial score (nSPS) is 33.8. The molecule has 0 bridgehead atoms. The lowest BCUT2D eigenvalue weighted by atomic mass is 9.71. The Kier molecular flexibility index (Phi) is 2.82. The lowest BCUT2D eigenvalue weighted by molar-refractivity contribution is 0.192. The van der Waals surface area contributed by atoms with Crippen LogP contribution in [0.5, 0.6) is 0 Å². The predicted octanol–water partition coefficient (Wildman–Crippen LogP) is 1.34. The maximum Gasteiger partial charge on any atom is 0.194 e. The van der Waals surface area contributed by atoms with Crippen LogP contribution >= 0.6 is 0 Å². The molecule has 1 aliphatic carbocycles. The van der Waals surface area contributed by atoms with Crippen LogP contribution in [0.3, 0.4) is 0 Å². The zero-order chi connectivity index (χ0) is 11.7. The summed E-state index contributed by atoms with van der Waals surface area (Å²) in [5.41, 5.74) is 1.20. The van der Waals surface area contributed by atoms with Crippen molar-refractivity contribution in [1.82, 2.24) is 10.2 Å². The van der Waals surface area contributed by atoms with Gasteiger partial charge >= 0.3 is 0 Å². The van der Waals surface area contributed by atoms with E-state index < -0.39 is 0 Å². The van der Waals surface area contributed by atoms with Crippen LogP contribution in [0.15, 0.2) is 11.8 Å². The third-order valence-corrected chi connectivity index (χ3v) is 4.22. The van der Waals surface area contributed by atoms with Gasteiger partial charge in [-0.2, -0.15) is 0 Å². The van der Waals surface area contributed by atoms with Gasteiger partial charge < -0.3 is 15.0 Å². The van der Waals surface area contributed by atoms with E-state index in [1.807, 2.05) is 0 Å². The first-order valence-electron chi connectivity index (χ1n) is 6.71. The van der Waals surface area contributed by atoms with E-state index in [9.17, 15) is 0 Å². The molecule has 4 heteroatoms. The third kappa shape index (κ3) is 1.75. The minimum atomic E-state index is -0.145. The molecule has 1 atom stereocenters. The molecule has 2 aliphatic heterocycles. The summed E-state index contributed by atoms with van der Waals surface area (Å²) in [6, 6.07) is 0.